The van der Waals surface area contributed by atoms with Crippen molar-refractivity contribution in [3.05, 3.63) is 33.9 Å². The highest BCUT2D eigenvalue weighted by Crippen LogP contribution is 2.44. The van der Waals surface area contributed by atoms with E-state index in [1.165, 1.54) is 18.2 Å². The Kier molecular flexibility index (Phi) is 5.13. The molecule has 4 rings (SSSR count). The lowest BCUT2D eigenvalue weighted by Gasteiger charge is -2.25. The highest BCUT2D eigenvalue weighted by Gasteiger charge is 2.37. The van der Waals surface area contributed by atoms with Crippen LogP contribution in [0.5, 0.6) is 5.75 Å². The first-order valence-corrected chi connectivity index (χ1v) is 9.64. The number of nitrogens with zero attached hydrogens (tertiary/aromatic N) is 2. The lowest BCUT2D eigenvalue weighted by Crippen LogP contribution is -2.31. The Morgan fingerprint density at radius 2 is 2.00 bits per heavy atom. The van der Waals surface area contributed by atoms with E-state index in [-0.39, 0.29) is 47.9 Å². The molecular formula is C20H21F3N2O5. The van der Waals surface area contributed by atoms with E-state index in [4.69, 9.17) is 4.74 Å². The SMILES string of the molecule is COc1c(N2CCC(C(O)C(F)F)C2)c(F)cc2c(=O)c(C(=O)O)cn(C3CC3)c12. The largest absolute Gasteiger partial charge is 0.492 e. The predicted molar refractivity (Wildman–Crippen MR) is 102 cm³/mol. The summed E-state index contributed by atoms with van der Waals surface area (Å²) in [6.45, 7) is 0.235. The van der Waals surface area contributed by atoms with Crippen LogP contribution in [0.3, 0.4) is 0 Å². The fourth-order valence-electron chi connectivity index (χ4n) is 4.20. The molecule has 2 heterocycles. The molecule has 1 aromatic heterocycles. The van der Waals surface area contributed by atoms with E-state index in [1.807, 2.05) is 0 Å². The second-order valence-electron chi connectivity index (χ2n) is 7.77. The van der Waals surface area contributed by atoms with E-state index in [1.54, 1.807) is 4.57 Å². The molecule has 2 N–H and O–H groups in total. The van der Waals surface area contributed by atoms with Gasteiger partial charge in [-0.25, -0.2) is 18.0 Å². The summed E-state index contributed by atoms with van der Waals surface area (Å²) in [6.07, 6.45) is -1.65. The molecule has 1 saturated heterocycles. The monoisotopic (exact) mass is 426 g/mol. The molecule has 1 saturated carbocycles. The number of carbonyl (C=O) groups is 1. The summed E-state index contributed by atoms with van der Waals surface area (Å²) in [5.74, 6) is -2.89. The van der Waals surface area contributed by atoms with Crippen LogP contribution < -0.4 is 15.1 Å². The van der Waals surface area contributed by atoms with Gasteiger partial charge < -0.3 is 24.4 Å². The van der Waals surface area contributed by atoms with Gasteiger partial charge in [-0.15, -0.1) is 0 Å². The van der Waals surface area contributed by atoms with Crippen molar-refractivity contribution in [3.8, 4) is 5.75 Å². The number of fused-ring (bicyclic) bond motifs is 1. The zero-order chi connectivity index (χ0) is 21.7. The number of methoxy groups -OCH3 is 1. The number of pyridine rings is 1. The Balaban J connectivity index is 1.89. The fraction of sp³-hybridized carbons (Fsp3) is 0.500. The average Bonchev–Trinajstić information content (AvgIpc) is 3.43. The molecule has 2 aliphatic rings. The molecule has 1 aliphatic carbocycles. The standard InChI is InChI=1S/C20H21F3N2O5/c1-30-18-14-11(17(27)12(20(28)29)8-25(14)10-2-3-10)6-13(21)15(18)24-5-4-9(7-24)16(26)19(22)23/h6,8-10,16,19,26H,2-5,7H2,1H3,(H,28,29). The first-order chi connectivity index (χ1) is 14.2. The summed E-state index contributed by atoms with van der Waals surface area (Å²) in [4.78, 5) is 25.7. The highest BCUT2D eigenvalue weighted by atomic mass is 19.3. The van der Waals surface area contributed by atoms with Gasteiger partial charge in [0.15, 0.2) is 11.6 Å². The summed E-state index contributed by atoms with van der Waals surface area (Å²) in [7, 11) is 1.31. The minimum Gasteiger partial charge on any atom is -0.492 e. The first-order valence-electron chi connectivity index (χ1n) is 9.64. The van der Waals surface area contributed by atoms with E-state index in [0.717, 1.165) is 18.9 Å². The van der Waals surface area contributed by atoms with Crippen molar-refractivity contribution in [2.45, 2.75) is 37.8 Å². The maximum absolute atomic E-state index is 15.1. The van der Waals surface area contributed by atoms with E-state index in [0.29, 0.717) is 0 Å². The zero-order valence-corrected chi connectivity index (χ0v) is 16.1. The van der Waals surface area contributed by atoms with Gasteiger partial charge in [-0.2, -0.15) is 0 Å². The van der Waals surface area contributed by atoms with Gasteiger partial charge in [-0.3, -0.25) is 4.79 Å². The number of halogens is 3. The highest BCUT2D eigenvalue weighted by molar-refractivity contribution is 5.97. The van der Waals surface area contributed by atoms with Gasteiger partial charge in [0.05, 0.1) is 18.0 Å². The minimum absolute atomic E-state index is 0.00512. The number of alkyl halides is 2. The molecule has 0 spiro atoms. The molecule has 0 radical (unpaired) electrons. The average molecular weight is 426 g/mol. The van der Waals surface area contributed by atoms with Crippen LogP contribution in [0.15, 0.2) is 17.1 Å². The molecule has 2 fully saturated rings. The van der Waals surface area contributed by atoms with Gasteiger partial charge in [0.1, 0.15) is 17.4 Å². The molecule has 7 nitrogen and oxygen atoms in total. The Bertz CT molecular complexity index is 1070. The maximum atomic E-state index is 15.1. The third kappa shape index (κ3) is 3.28. The minimum atomic E-state index is -2.90. The quantitative estimate of drug-likeness (QED) is 0.738. The molecular weight excluding hydrogens is 405 g/mol. The smallest absolute Gasteiger partial charge is 0.341 e. The molecule has 2 unspecified atom stereocenters. The number of carboxylic acid groups (broad SMARTS) is 1. The number of hydrogen-bond acceptors (Lipinski definition) is 5. The second-order valence-corrected chi connectivity index (χ2v) is 7.77. The van der Waals surface area contributed by atoms with E-state index in [2.05, 4.69) is 0 Å². The third-order valence-electron chi connectivity index (χ3n) is 5.86. The Hall–Kier alpha value is -2.75. The van der Waals surface area contributed by atoms with Crippen LogP contribution in [-0.2, 0) is 0 Å². The Morgan fingerprint density at radius 1 is 1.30 bits per heavy atom. The normalized spacial score (nSPS) is 20.2. The van der Waals surface area contributed by atoms with Crippen LogP contribution in [0, 0.1) is 11.7 Å². The van der Waals surface area contributed by atoms with Crippen LogP contribution in [-0.4, -0.2) is 53.5 Å². The van der Waals surface area contributed by atoms with Gasteiger partial charge in [0.25, 0.3) is 6.43 Å². The van der Waals surface area contributed by atoms with Crippen LogP contribution in [0.4, 0.5) is 18.9 Å². The van der Waals surface area contributed by atoms with Crippen molar-refractivity contribution in [2.75, 3.05) is 25.1 Å². The molecule has 162 valence electrons. The van der Waals surface area contributed by atoms with Crippen molar-refractivity contribution in [3.63, 3.8) is 0 Å². The molecule has 10 heteroatoms. The van der Waals surface area contributed by atoms with Crippen LogP contribution in [0.2, 0.25) is 0 Å². The Labute approximate surface area is 169 Å². The van der Waals surface area contributed by atoms with Crippen LogP contribution in [0.1, 0.15) is 35.7 Å². The number of aliphatic hydroxyl groups excluding tert-OH is 1. The van der Waals surface area contributed by atoms with Gasteiger partial charge in [0, 0.05) is 31.2 Å². The van der Waals surface area contributed by atoms with E-state index in [9.17, 15) is 28.6 Å². The van der Waals surface area contributed by atoms with Crippen molar-refractivity contribution < 1.29 is 32.9 Å². The summed E-state index contributed by atoms with van der Waals surface area (Å²) in [5.41, 5.74) is -0.967. The van der Waals surface area contributed by atoms with Crippen LogP contribution in [0.25, 0.3) is 10.9 Å². The third-order valence-corrected chi connectivity index (χ3v) is 5.86. The number of aliphatic hydroxyl groups is 1. The molecule has 30 heavy (non-hydrogen) atoms. The topological polar surface area (TPSA) is 92.0 Å². The summed E-state index contributed by atoms with van der Waals surface area (Å²) in [6, 6.07) is 0.947. The van der Waals surface area contributed by atoms with E-state index < -0.39 is 41.2 Å². The van der Waals surface area contributed by atoms with Gasteiger partial charge in [-0.05, 0) is 25.3 Å². The van der Waals surface area contributed by atoms with Crippen LogP contribution >= 0.6 is 0 Å². The zero-order valence-electron chi connectivity index (χ0n) is 16.1. The molecule has 0 bridgehead atoms. The summed E-state index contributed by atoms with van der Waals surface area (Å²) in [5, 5.41) is 19.0. The number of aromatic carboxylic acids is 1. The number of benzene rings is 1. The van der Waals surface area contributed by atoms with Gasteiger partial charge in [-0.1, -0.05) is 0 Å². The maximum Gasteiger partial charge on any atom is 0.341 e. The van der Waals surface area contributed by atoms with Crippen molar-refractivity contribution >= 4 is 22.6 Å². The fourth-order valence-corrected chi connectivity index (χ4v) is 4.20. The first kappa shape index (κ1) is 20.5. The number of carboxylic acids is 1. The predicted octanol–water partition coefficient (Wildman–Crippen LogP) is 2.63. The summed E-state index contributed by atoms with van der Waals surface area (Å²) < 4.78 is 48.0. The molecule has 2 atom stereocenters. The van der Waals surface area contributed by atoms with Crippen molar-refractivity contribution in [1.82, 2.24) is 4.57 Å². The number of aromatic nitrogens is 1. The number of rotatable bonds is 6. The lowest BCUT2D eigenvalue weighted by atomic mass is 10.0. The Morgan fingerprint density at radius 3 is 2.57 bits per heavy atom. The number of ether oxygens (including phenoxy) is 1. The molecule has 1 aromatic carbocycles. The number of hydrogen-bond donors (Lipinski definition) is 2. The van der Waals surface area contributed by atoms with Gasteiger partial charge in [0.2, 0.25) is 5.43 Å². The molecule has 0 amide bonds. The van der Waals surface area contributed by atoms with Crippen molar-refractivity contribution in [2.24, 2.45) is 5.92 Å². The van der Waals surface area contributed by atoms with Crippen molar-refractivity contribution in [1.29, 1.82) is 0 Å². The van der Waals surface area contributed by atoms with Gasteiger partial charge >= 0.3 is 5.97 Å². The van der Waals surface area contributed by atoms with E-state index >= 15 is 4.39 Å². The molecule has 1 aliphatic heterocycles. The summed E-state index contributed by atoms with van der Waals surface area (Å²) >= 11 is 0. The lowest BCUT2D eigenvalue weighted by molar-refractivity contribution is -0.0335. The molecule has 2 aromatic rings. The number of anilines is 1. The second kappa shape index (κ2) is 7.50.